The summed E-state index contributed by atoms with van der Waals surface area (Å²) in [6, 6.07) is 61.5. The Hall–Kier alpha value is -10.9. The summed E-state index contributed by atoms with van der Waals surface area (Å²) in [4.78, 5) is 9.69. The lowest BCUT2D eigenvalue weighted by Gasteiger charge is -2.39. The number of pyridine rings is 5. The van der Waals surface area contributed by atoms with Crippen molar-refractivity contribution in [1.82, 2.24) is 9.97 Å². The normalized spacial score (nSPS) is 16.7. The van der Waals surface area contributed by atoms with Crippen LogP contribution in [0, 0.1) is 109 Å². The largest absolute Gasteiger partial charge is 0.252 e. The maximum Gasteiger partial charge on any atom is 0.223 e. The van der Waals surface area contributed by atoms with Gasteiger partial charge < -0.3 is 0 Å². The highest BCUT2D eigenvalue weighted by Crippen LogP contribution is 2.55. The molecule has 0 radical (unpaired) electrons. The van der Waals surface area contributed by atoms with E-state index in [0.717, 1.165) is 146 Å². The second kappa shape index (κ2) is 30.9. The molecule has 0 saturated heterocycles. The van der Waals surface area contributed by atoms with Crippen LogP contribution < -0.4 is 13.7 Å². The molecule has 0 spiro atoms. The van der Waals surface area contributed by atoms with Crippen molar-refractivity contribution < 1.29 is 29.3 Å². The van der Waals surface area contributed by atoms with E-state index in [2.05, 4.69) is 105 Å². The molecule has 21 rings (SSSR count). The Morgan fingerprint density at radius 1 is 0.327 bits per heavy atom. The van der Waals surface area contributed by atoms with Crippen LogP contribution in [0.3, 0.4) is 0 Å². The monoisotopic (exact) mass is 1490 g/mol. The highest BCUT2D eigenvalue weighted by molar-refractivity contribution is 5.99. The van der Waals surface area contributed by atoms with Crippen LogP contribution in [0.4, 0.5) is 8.78 Å². The van der Waals surface area contributed by atoms with Crippen LogP contribution in [0.25, 0.3) is 110 Å². The predicted molar refractivity (Wildman–Crippen MR) is 468 cm³/mol. The zero-order chi connectivity index (χ0) is 83.5. The van der Waals surface area contributed by atoms with Crippen LogP contribution in [0.1, 0.15) is 194 Å². The van der Waals surface area contributed by atoms with Gasteiger partial charge in [-0.1, -0.05) is 127 Å². The summed E-state index contributed by atoms with van der Waals surface area (Å²) in [6.07, 6.45) is 13.2. The summed E-state index contributed by atoms with van der Waals surface area (Å²) in [5.41, 5.74) is 33.4. The van der Waals surface area contributed by atoms with Gasteiger partial charge in [0.1, 0.15) is 32.8 Å². The average Bonchev–Trinajstić information content (AvgIpc) is 1.20. The fourth-order valence-corrected chi connectivity index (χ4v) is 19.5. The number of hydrogen-bond acceptors (Lipinski definition) is 2. The number of benzene rings is 10. The lowest BCUT2D eigenvalue weighted by Crippen LogP contribution is -2.35. The smallest absolute Gasteiger partial charge is 0.223 e. The number of halogens is 2. The van der Waals surface area contributed by atoms with Crippen molar-refractivity contribution in [3.63, 3.8) is 0 Å². The topological polar surface area (TPSA) is 37.4 Å². The SMILES string of the molecule is [2H]c1c(C)[n+](C)c(-c2c(C)c(C)cc(C)c2F)c2ccccc12.[2H]c1c(C)[n+](C)c(-c2cc(C)c(F)c(C)c2C)c2ccccc12.[2H]c1c(C)[n+](C)c(-c2cc3c(cc2C)CCC3)c2ccccc12.[2H]c1c(C)nc(-c2cc3c(cc2C)C2CCC3C2)c2ccccc12.[2H]c1c(C)nc(-c2cc3c(cc2C)C2CCC3CC2)c2ccccc12. The van der Waals surface area contributed by atoms with Crippen LogP contribution >= 0.6 is 0 Å². The molecule has 2 saturated carbocycles. The molecule has 4 bridgehead atoms. The molecule has 5 heterocycles. The summed E-state index contributed by atoms with van der Waals surface area (Å²) in [6.45, 7) is 27.8. The fourth-order valence-electron chi connectivity index (χ4n) is 19.5. The summed E-state index contributed by atoms with van der Waals surface area (Å²) in [5.74, 6) is 2.75. The minimum Gasteiger partial charge on any atom is -0.252 e. The second-order valence-corrected chi connectivity index (χ2v) is 33.2. The van der Waals surface area contributed by atoms with Crippen LogP contribution in [0.15, 0.2) is 200 Å². The number of rotatable bonds is 5. The number of hydrogen-bond donors (Lipinski definition) is 0. The van der Waals surface area contributed by atoms with Gasteiger partial charge in [-0.05, 0) is 329 Å². The van der Waals surface area contributed by atoms with Gasteiger partial charge in [-0.2, -0.15) is 13.7 Å². The molecule has 7 heteroatoms. The molecule has 113 heavy (non-hydrogen) atoms. The standard InChI is InChI=1S/C23H23N.C22H21N.C21H22N.2C20H21FN/c1-14-11-21-16-7-9-17(10-8-16)22(21)13-20(14)23-19-6-4-3-5-18(19)12-15(2)24-23;1-13-9-20-16-7-8-17(11-16)21(20)12-19(13)22-18-6-4-3-5-15(18)10-14(2)23-22;1-14-11-16-8-6-9-17(16)13-20(14)21-19-10-5-4-7-18(19)12-15(2)22(21)3;1-12-10-18(14(3)15(4)19(12)21)20-17-9-7-6-8-16(17)11-13(2)22(20)5;1-12-10-13(2)19(21)18(15(12)4)20-17-9-7-6-8-16(17)11-14(3)22(20)5/h3-6,11-13,16-17H,7-10H2,1-2H3;3-6,9-10,12,16-17H,7-8,11H2,1-2H3;4-5,7,10-13H,6,8-9H2,1-3H3;2*6-11H,1-5H3/q;;3*+1/i12D;10D;12D;2*11D. The maximum atomic E-state index is 15.0. The third-order valence-corrected chi connectivity index (χ3v) is 26.0. The van der Waals surface area contributed by atoms with Crippen molar-refractivity contribution in [2.45, 2.75) is 185 Å². The lowest BCUT2D eigenvalue weighted by molar-refractivity contribution is -0.665. The number of nitrogens with zero attached hydrogens (tertiary/aromatic N) is 5. The number of aromatic nitrogens is 5. The molecule has 15 aromatic rings. The Balaban J connectivity index is 0.000000110. The number of aryl methyl sites for hydroxylation is 10. The first kappa shape index (κ1) is 70.0. The van der Waals surface area contributed by atoms with Crippen LogP contribution in [0.2, 0.25) is 0 Å². The molecule has 2 fully saturated rings. The first-order chi connectivity index (χ1) is 56.5. The van der Waals surface area contributed by atoms with Gasteiger partial charge in [-0.3, -0.25) is 9.97 Å². The molecule has 2 unspecified atom stereocenters. The van der Waals surface area contributed by atoms with Gasteiger partial charge in [-0.15, -0.1) is 0 Å². The average molecular weight is 1500 g/mol. The van der Waals surface area contributed by atoms with Crippen molar-refractivity contribution in [2.24, 2.45) is 21.1 Å². The van der Waals surface area contributed by atoms with E-state index in [9.17, 15) is 4.39 Å². The van der Waals surface area contributed by atoms with E-state index in [1.54, 1.807) is 36.1 Å². The summed E-state index contributed by atoms with van der Waals surface area (Å²) in [7, 11) is 5.97. The molecule has 6 aliphatic carbocycles. The van der Waals surface area contributed by atoms with Gasteiger partial charge in [0.05, 0.1) is 51.1 Å². The van der Waals surface area contributed by atoms with Crippen LogP contribution in [-0.4, -0.2) is 9.97 Å². The highest BCUT2D eigenvalue weighted by Gasteiger charge is 2.38. The maximum absolute atomic E-state index is 15.0. The van der Waals surface area contributed by atoms with Gasteiger partial charge in [0, 0.05) is 72.2 Å². The van der Waals surface area contributed by atoms with E-state index in [4.69, 9.17) is 16.8 Å². The molecule has 5 nitrogen and oxygen atoms in total. The molecule has 5 aromatic heterocycles. The molecule has 568 valence electrons. The molecular weight excluding hydrogens is 1380 g/mol. The minimum absolute atomic E-state index is 0.132. The Labute approximate surface area is 675 Å². The molecule has 6 aliphatic rings. The highest BCUT2D eigenvalue weighted by atomic mass is 19.1. The third kappa shape index (κ3) is 14.1. The zero-order valence-electron chi connectivity index (χ0n) is 74.0. The molecule has 2 atom stereocenters. The fraction of sp³-hybridized carbons (Fsp3) is 0.292. The summed E-state index contributed by atoms with van der Waals surface area (Å²) >= 11 is 0. The first-order valence-corrected chi connectivity index (χ1v) is 40.8. The van der Waals surface area contributed by atoms with Crippen molar-refractivity contribution >= 4 is 53.9 Å². The van der Waals surface area contributed by atoms with E-state index < -0.39 is 0 Å². The molecule has 0 N–H and O–H groups in total. The first-order valence-electron chi connectivity index (χ1n) is 43.3. The van der Waals surface area contributed by atoms with Crippen molar-refractivity contribution in [3.05, 3.63) is 324 Å². The summed E-state index contributed by atoms with van der Waals surface area (Å²) in [5, 5.41) is 10.1. The molecule has 0 aliphatic heterocycles. The lowest BCUT2D eigenvalue weighted by atomic mass is 9.66. The van der Waals surface area contributed by atoms with Gasteiger partial charge in [0.2, 0.25) is 17.1 Å². The molecular formula is C106H108F2N5+3. The Morgan fingerprint density at radius 2 is 0.690 bits per heavy atom. The Morgan fingerprint density at radius 3 is 1.17 bits per heavy atom. The Bertz CT molecular complexity index is 6640. The summed E-state index contributed by atoms with van der Waals surface area (Å²) < 4.78 is 77.3. The van der Waals surface area contributed by atoms with E-state index in [1.807, 2.05) is 183 Å². The zero-order valence-corrected chi connectivity index (χ0v) is 69.0. The van der Waals surface area contributed by atoms with Crippen LogP contribution in [0.5, 0.6) is 0 Å². The van der Waals surface area contributed by atoms with E-state index in [1.165, 1.54) is 120 Å². The molecule has 0 amide bonds. The van der Waals surface area contributed by atoms with Gasteiger partial charge in [0.25, 0.3) is 0 Å². The van der Waals surface area contributed by atoms with E-state index >= 15 is 4.39 Å². The van der Waals surface area contributed by atoms with Gasteiger partial charge in [0.15, 0.2) is 17.1 Å². The van der Waals surface area contributed by atoms with Crippen LogP contribution in [-0.2, 0) is 34.0 Å². The minimum atomic E-state index is -0.175. The van der Waals surface area contributed by atoms with Gasteiger partial charge in [-0.25, -0.2) is 8.78 Å². The third-order valence-electron chi connectivity index (χ3n) is 26.0. The van der Waals surface area contributed by atoms with E-state index in [0.29, 0.717) is 52.5 Å². The van der Waals surface area contributed by atoms with Gasteiger partial charge >= 0.3 is 0 Å². The molecule has 10 aromatic carbocycles. The Kier molecular flexibility index (Phi) is 19.1. The predicted octanol–water partition coefficient (Wildman–Crippen LogP) is 26.0. The van der Waals surface area contributed by atoms with Crippen molar-refractivity contribution in [3.8, 4) is 56.3 Å². The number of fused-ring (bicyclic) bond motifs is 13. The van der Waals surface area contributed by atoms with E-state index in [-0.39, 0.29) is 11.6 Å². The van der Waals surface area contributed by atoms with Crippen molar-refractivity contribution in [2.75, 3.05) is 0 Å². The quantitative estimate of drug-likeness (QED) is 0.161. The second-order valence-electron chi connectivity index (χ2n) is 33.2. The van der Waals surface area contributed by atoms with Crippen molar-refractivity contribution in [1.29, 1.82) is 0 Å².